The summed E-state index contributed by atoms with van der Waals surface area (Å²) in [6, 6.07) is 6.28. The van der Waals surface area contributed by atoms with Crippen molar-refractivity contribution < 1.29 is 23.4 Å². The number of rotatable bonds is 4. The van der Waals surface area contributed by atoms with Crippen LogP contribution < -0.4 is 4.72 Å². The van der Waals surface area contributed by atoms with Crippen LogP contribution in [-0.4, -0.2) is 29.6 Å². The second-order valence-electron chi connectivity index (χ2n) is 3.90. The van der Waals surface area contributed by atoms with Gasteiger partial charge in [0.1, 0.15) is 15.6 Å². The zero-order chi connectivity index (χ0) is 15.6. The van der Waals surface area contributed by atoms with Gasteiger partial charge in [0.2, 0.25) is 0 Å². The molecule has 0 amide bonds. The summed E-state index contributed by atoms with van der Waals surface area (Å²) in [6.45, 7) is 0. The summed E-state index contributed by atoms with van der Waals surface area (Å²) in [7, 11) is -4.11. The molecule has 0 aliphatic carbocycles. The minimum absolute atomic E-state index is 0.237. The van der Waals surface area contributed by atoms with E-state index in [1.165, 1.54) is 30.5 Å². The lowest BCUT2D eigenvalue weighted by molar-refractivity contribution is 0.0694. The highest BCUT2D eigenvalue weighted by Crippen LogP contribution is 2.30. The highest BCUT2D eigenvalue weighted by atomic mass is 35.5. The van der Waals surface area contributed by atoms with Gasteiger partial charge in [-0.3, -0.25) is 4.72 Å². The van der Waals surface area contributed by atoms with Gasteiger partial charge in [0.15, 0.2) is 5.75 Å². The lowest BCUT2D eigenvalue weighted by Crippen LogP contribution is -2.14. The molecule has 0 saturated carbocycles. The van der Waals surface area contributed by atoms with E-state index < -0.39 is 27.3 Å². The Morgan fingerprint density at radius 1 is 1.24 bits per heavy atom. The fourth-order valence-corrected chi connectivity index (χ4v) is 3.09. The molecule has 2 rings (SSSR count). The van der Waals surface area contributed by atoms with Crippen molar-refractivity contribution in [1.82, 2.24) is 4.98 Å². The number of nitrogens with one attached hydrogen (secondary N) is 1. The van der Waals surface area contributed by atoms with Crippen molar-refractivity contribution in [2.45, 2.75) is 4.90 Å². The highest BCUT2D eigenvalue weighted by Gasteiger charge is 2.21. The molecule has 7 nitrogen and oxygen atoms in total. The number of hydrogen-bond donors (Lipinski definition) is 3. The molecule has 0 atom stereocenters. The van der Waals surface area contributed by atoms with Crippen LogP contribution in [0.2, 0.25) is 5.15 Å². The SMILES string of the molecule is O=C(O)c1cccc(NS(=O)(=O)c2cccnc2Cl)c1O. The van der Waals surface area contributed by atoms with Crippen molar-refractivity contribution in [1.29, 1.82) is 0 Å². The van der Waals surface area contributed by atoms with Crippen LogP contribution >= 0.6 is 11.6 Å². The summed E-state index contributed by atoms with van der Waals surface area (Å²) in [5, 5.41) is 18.4. The number of benzene rings is 1. The maximum absolute atomic E-state index is 12.2. The number of carboxylic acid groups (broad SMARTS) is 1. The number of phenols is 1. The number of pyridine rings is 1. The number of nitrogens with zero attached hydrogens (tertiary/aromatic N) is 1. The number of carboxylic acids is 1. The van der Waals surface area contributed by atoms with Gasteiger partial charge in [0.05, 0.1) is 5.69 Å². The second kappa shape index (κ2) is 5.58. The molecule has 1 aromatic carbocycles. The Hall–Kier alpha value is -2.32. The second-order valence-corrected chi connectivity index (χ2v) is 5.91. The molecular weight excluding hydrogens is 320 g/mol. The van der Waals surface area contributed by atoms with Crippen LogP contribution in [0.5, 0.6) is 5.75 Å². The molecule has 0 aliphatic heterocycles. The highest BCUT2D eigenvalue weighted by molar-refractivity contribution is 7.92. The molecular formula is C12H9ClN2O5S. The third kappa shape index (κ3) is 3.06. The molecule has 1 aromatic heterocycles. The van der Waals surface area contributed by atoms with E-state index in [4.69, 9.17) is 16.7 Å². The molecule has 9 heteroatoms. The smallest absolute Gasteiger partial charge is 0.339 e. The van der Waals surface area contributed by atoms with E-state index in [1.807, 2.05) is 0 Å². The lowest BCUT2D eigenvalue weighted by atomic mass is 10.2. The first kappa shape index (κ1) is 15.1. The van der Waals surface area contributed by atoms with E-state index in [-0.39, 0.29) is 15.7 Å². The van der Waals surface area contributed by atoms with Gasteiger partial charge < -0.3 is 10.2 Å². The zero-order valence-corrected chi connectivity index (χ0v) is 11.9. The van der Waals surface area contributed by atoms with Crippen LogP contribution in [0.4, 0.5) is 5.69 Å². The topological polar surface area (TPSA) is 117 Å². The molecule has 0 spiro atoms. The van der Waals surface area contributed by atoms with E-state index in [0.717, 1.165) is 6.07 Å². The molecule has 0 fully saturated rings. The van der Waals surface area contributed by atoms with Gasteiger partial charge in [0.25, 0.3) is 10.0 Å². The lowest BCUT2D eigenvalue weighted by Gasteiger charge is -2.11. The molecule has 0 aliphatic rings. The molecule has 21 heavy (non-hydrogen) atoms. The predicted octanol–water partition coefficient (Wildman–Crippen LogP) is 1.94. The number of aromatic carboxylic acids is 1. The van der Waals surface area contributed by atoms with Gasteiger partial charge >= 0.3 is 5.97 Å². The van der Waals surface area contributed by atoms with E-state index in [0.29, 0.717) is 0 Å². The van der Waals surface area contributed by atoms with Gasteiger partial charge in [-0.05, 0) is 24.3 Å². The summed E-state index contributed by atoms with van der Waals surface area (Å²) >= 11 is 5.71. The normalized spacial score (nSPS) is 11.1. The fraction of sp³-hybridized carbons (Fsp3) is 0. The number of aromatic hydroxyl groups is 1. The standard InChI is InChI=1S/C12H9ClN2O5S/c13-11-9(5-2-6-14-11)21(19,20)15-8-4-1-3-7(10(8)16)12(17)18/h1-6,15-16H,(H,17,18). The molecule has 2 aromatic rings. The van der Waals surface area contributed by atoms with Crippen LogP contribution in [0.15, 0.2) is 41.4 Å². The molecule has 0 saturated heterocycles. The fourth-order valence-electron chi connectivity index (χ4n) is 1.57. The number of hydrogen-bond acceptors (Lipinski definition) is 5. The largest absolute Gasteiger partial charge is 0.505 e. The van der Waals surface area contributed by atoms with Crippen molar-refractivity contribution in [2.24, 2.45) is 0 Å². The first-order valence-electron chi connectivity index (χ1n) is 5.51. The van der Waals surface area contributed by atoms with E-state index in [1.54, 1.807) is 0 Å². The Kier molecular flexibility index (Phi) is 4.01. The van der Waals surface area contributed by atoms with Crippen LogP contribution in [0.1, 0.15) is 10.4 Å². The minimum Gasteiger partial charge on any atom is -0.505 e. The van der Waals surface area contributed by atoms with E-state index in [2.05, 4.69) is 9.71 Å². The predicted molar refractivity (Wildman–Crippen MR) is 75.1 cm³/mol. The third-order valence-corrected chi connectivity index (χ3v) is 4.34. The molecule has 0 radical (unpaired) electrons. The number of anilines is 1. The van der Waals surface area contributed by atoms with Crippen molar-refractivity contribution in [3.8, 4) is 5.75 Å². The van der Waals surface area contributed by atoms with Gasteiger partial charge in [-0.1, -0.05) is 17.7 Å². The number of para-hydroxylation sites is 1. The van der Waals surface area contributed by atoms with E-state index in [9.17, 15) is 18.3 Å². The number of aromatic nitrogens is 1. The third-order valence-electron chi connectivity index (χ3n) is 2.53. The molecule has 1 heterocycles. The average Bonchev–Trinajstić information content (AvgIpc) is 2.41. The Morgan fingerprint density at radius 2 is 1.95 bits per heavy atom. The quantitative estimate of drug-likeness (QED) is 0.583. The maximum Gasteiger partial charge on any atom is 0.339 e. The zero-order valence-electron chi connectivity index (χ0n) is 10.3. The number of sulfonamides is 1. The number of halogens is 1. The van der Waals surface area contributed by atoms with Crippen LogP contribution in [-0.2, 0) is 10.0 Å². The Bertz CT molecular complexity index is 807. The van der Waals surface area contributed by atoms with Crippen molar-refractivity contribution in [2.75, 3.05) is 4.72 Å². The van der Waals surface area contributed by atoms with Gasteiger partial charge in [-0.2, -0.15) is 0 Å². The summed E-state index contributed by atoms with van der Waals surface area (Å²) in [6.07, 6.45) is 1.32. The van der Waals surface area contributed by atoms with Gasteiger partial charge in [0, 0.05) is 6.20 Å². The maximum atomic E-state index is 12.2. The Morgan fingerprint density at radius 3 is 2.57 bits per heavy atom. The monoisotopic (exact) mass is 328 g/mol. The van der Waals surface area contributed by atoms with Crippen LogP contribution in [0.3, 0.4) is 0 Å². The van der Waals surface area contributed by atoms with Crippen molar-refractivity contribution in [3.63, 3.8) is 0 Å². The first-order chi connectivity index (χ1) is 9.83. The van der Waals surface area contributed by atoms with Crippen molar-refractivity contribution >= 4 is 33.3 Å². The summed E-state index contributed by atoms with van der Waals surface area (Å²) in [4.78, 5) is 14.3. The molecule has 3 N–H and O–H groups in total. The molecule has 0 bridgehead atoms. The minimum atomic E-state index is -4.11. The summed E-state index contributed by atoms with van der Waals surface area (Å²) in [5.74, 6) is -2.07. The van der Waals surface area contributed by atoms with Gasteiger partial charge in [-0.25, -0.2) is 18.2 Å². The number of carbonyl (C=O) groups is 1. The molecule has 110 valence electrons. The Balaban J connectivity index is 2.45. The summed E-state index contributed by atoms with van der Waals surface area (Å²) < 4.78 is 26.4. The van der Waals surface area contributed by atoms with Gasteiger partial charge in [-0.15, -0.1) is 0 Å². The van der Waals surface area contributed by atoms with Crippen LogP contribution in [0.25, 0.3) is 0 Å². The Labute approximate surface area is 124 Å². The van der Waals surface area contributed by atoms with E-state index >= 15 is 0 Å². The van der Waals surface area contributed by atoms with Crippen molar-refractivity contribution in [3.05, 3.63) is 47.2 Å². The first-order valence-corrected chi connectivity index (χ1v) is 7.37. The average molecular weight is 329 g/mol. The molecule has 0 unspecified atom stereocenters. The summed E-state index contributed by atoms with van der Waals surface area (Å²) in [5.41, 5.74) is -0.692. The van der Waals surface area contributed by atoms with Crippen LogP contribution in [0, 0.1) is 0 Å².